The molecule has 2 aromatic rings. The highest BCUT2D eigenvalue weighted by Crippen LogP contribution is 2.28. The van der Waals surface area contributed by atoms with Crippen LogP contribution in [0.2, 0.25) is 0 Å². The number of nitrogens with zero attached hydrogens (tertiary/aromatic N) is 1. The summed E-state index contributed by atoms with van der Waals surface area (Å²) in [6, 6.07) is 12.4. The van der Waals surface area contributed by atoms with E-state index in [0.29, 0.717) is 17.7 Å². The third kappa shape index (κ3) is 5.50. The van der Waals surface area contributed by atoms with E-state index in [1.165, 1.54) is 27.3 Å². The normalized spacial score (nSPS) is 11.5. The van der Waals surface area contributed by atoms with Crippen LogP contribution in [0, 0.1) is 0 Å². The maximum absolute atomic E-state index is 12.4. The monoisotopic (exact) mass is 422 g/mol. The van der Waals surface area contributed by atoms with Gasteiger partial charge in [0.2, 0.25) is 15.9 Å². The summed E-state index contributed by atoms with van der Waals surface area (Å²) >= 11 is 1.67. The van der Waals surface area contributed by atoms with Crippen molar-refractivity contribution in [3.8, 4) is 5.75 Å². The Morgan fingerprint density at radius 1 is 1.18 bits per heavy atom. The molecule has 0 atom stereocenters. The molecule has 2 rings (SSSR count). The summed E-state index contributed by atoms with van der Waals surface area (Å²) < 4.78 is 31.2. The second-order valence-corrected chi connectivity index (χ2v) is 9.70. The molecular weight excluding hydrogens is 396 g/mol. The highest BCUT2D eigenvalue weighted by molar-refractivity contribution is 7.99. The van der Waals surface area contributed by atoms with Gasteiger partial charge in [0.05, 0.1) is 17.7 Å². The van der Waals surface area contributed by atoms with E-state index in [0.717, 1.165) is 20.6 Å². The molecule has 0 heterocycles. The number of carbonyl (C=O) groups excluding carboxylic acids is 1. The number of carbonyl (C=O) groups is 1. The molecule has 0 saturated heterocycles. The third-order valence-corrected chi connectivity index (χ3v) is 6.88. The summed E-state index contributed by atoms with van der Waals surface area (Å²) in [5, 5.41) is 2.94. The molecule has 0 fully saturated rings. The minimum Gasteiger partial charge on any atom is -0.496 e. The predicted octanol–water partition coefficient (Wildman–Crippen LogP) is 3.63. The minimum absolute atomic E-state index is 0.132. The molecule has 0 bridgehead atoms. The highest BCUT2D eigenvalue weighted by atomic mass is 32.2. The van der Waals surface area contributed by atoms with Crippen LogP contribution < -0.4 is 10.1 Å². The number of para-hydroxylation sites is 1. The second-order valence-electron chi connectivity index (χ2n) is 6.24. The smallest absolute Gasteiger partial charge is 0.242 e. The van der Waals surface area contributed by atoms with Gasteiger partial charge in [-0.05, 0) is 48.1 Å². The number of methoxy groups -OCH3 is 1. The fourth-order valence-electron chi connectivity index (χ4n) is 2.63. The van der Waals surface area contributed by atoms with Crippen LogP contribution in [0.25, 0.3) is 0 Å². The van der Waals surface area contributed by atoms with Crippen LogP contribution in [-0.2, 0) is 21.2 Å². The molecule has 0 spiro atoms. The second kappa shape index (κ2) is 9.95. The van der Waals surface area contributed by atoms with Gasteiger partial charge in [-0.3, -0.25) is 4.79 Å². The van der Waals surface area contributed by atoms with Crippen LogP contribution in [0.5, 0.6) is 5.75 Å². The SMILES string of the molecule is CCSc1ccccc1NC(=O)CCc1cc(S(=O)(=O)N(C)C)ccc1OC. The Balaban J connectivity index is 2.14. The molecule has 1 N–H and O–H groups in total. The first-order valence-corrected chi connectivity index (χ1v) is 11.3. The first kappa shape index (κ1) is 22.3. The van der Waals surface area contributed by atoms with Gasteiger partial charge in [0, 0.05) is 25.4 Å². The van der Waals surface area contributed by atoms with E-state index in [1.54, 1.807) is 23.9 Å². The van der Waals surface area contributed by atoms with Crippen molar-refractivity contribution < 1.29 is 17.9 Å². The molecule has 0 aliphatic rings. The van der Waals surface area contributed by atoms with Crippen molar-refractivity contribution in [3.63, 3.8) is 0 Å². The molecule has 1 amide bonds. The van der Waals surface area contributed by atoms with Crippen LogP contribution >= 0.6 is 11.8 Å². The average molecular weight is 423 g/mol. The molecule has 6 nitrogen and oxygen atoms in total. The van der Waals surface area contributed by atoms with E-state index in [1.807, 2.05) is 24.3 Å². The summed E-state index contributed by atoms with van der Waals surface area (Å²) in [6.07, 6.45) is 0.585. The molecule has 8 heteroatoms. The van der Waals surface area contributed by atoms with E-state index in [9.17, 15) is 13.2 Å². The molecule has 0 aliphatic carbocycles. The lowest BCUT2D eigenvalue weighted by Crippen LogP contribution is -2.22. The van der Waals surface area contributed by atoms with E-state index in [2.05, 4.69) is 12.2 Å². The molecule has 0 aliphatic heterocycles. The summed E-state index contributed by atoms with van der Waals surface area (Å²) in [7, 11) is 0.945. The molecule has 0 unspecified atom stereocenters. The zero-order chi connectivity index (χ0) is 20.7. The standard InChI is InChI=1S/C20H26N2O4S2/c1-5-27-19-9-7-6-8-17(19)21-20(23)13-10-15-14-16(11-12-18(15)26-4)28(24,25)22(2)3/h6-9,11-12,14H,5,10,13H2,1-4H3,(H,21,23). The lowest BCUT2D eigenvalue weighted by molar-refractivity contribution is -0.116. The van der Waals surface area contributed by atoms with Crippen LogP contribution in [0.3, 0.4) is 0 Å². The number of sulfonamides is 1. The van der Waals surface area contributed by atoms with Gasteiger partial charge in [-0.25, -0.2) is 12.7 Å². The maximum atomic E-state index is 12.4. The third-order valence-electron chi connectivity index (χ3n) is 4.11. The number of ether oxygens (including phenoxy) is 1. The fourth-order valence-corrected chi connectivity index (χ4v) is 4.35. The van der Waals surface area contributed by atoms with Crippen molar-refractivity contribution >= 4 is 33.4 Å². The Bertz CT molecular complexity index is 928. The van der Waals surface area contributed by atoms with E-state index < -0.39 is 10.0 Å². The van der Waals surface area contributed by atoms with Gasteiger partial charge >= 0.3 is 0 Å². The molecule has 0 radical (unpaired) electrons. The summed E-state index contributed by atoms with van der Waals surface area (Å²) in [5.41, 5.74) is 1.46. The van der Waals surface area contributed by atoms with Crippen molar-refractivity contribution in [1.82, 2.24) is 4.31 Å². The molecule has 2 aromatic carbocycles. The van der Waals surface area contributed by atoms with E-state index >= 15 is 0 Å². The summed E-state index contributed by atoms with van der Waals surface area (Å²) in [6.45, 7) is 2.06. The number of thioether (sulfide) groups is 1. The zero-order valence-corrected chi connectivity index (χ0v) is 18.2. The predicted molar refractivity (Wildman–Crippen MR) is 114 cm³/mol. The number of hydrogen-bond acceptors (Lipinski definition) is 5. The fraction of sp³-hybridized carbons (Fsp3) is 0.350. The van der Waals surface area contributed by atoms with Gasteiger partial charge in [0.15, 0.2) is 0 Å². The topological polar surface area (TPSA) is 75.7 Å². The van der Waals surface area contributed by atoms with Crippen molar-refractivity contribution in [1.29, 1.82) is 0 Å². The largest absolute Gasteiger partial charge is 0.496 e. The van der Waals surface area contributed by atoms with Gasteiger partial charge < -0.3 is 10.1 Å². The summed E-state index contributed by atoms with van der Waals surface area (Å²) in [5.74, 6) is 1.34. The number of rotatable bonds is 9. The molecule has 28 heavy (non-hydrogen) atoms. The van der Waals surface area contributed by atoms with Crippen LogP contribution in [-0.4, -0.2) is 45.6 Å². The van der Waals surface area contributed by atoms with Crippen LogP contribution in [0.15, 0.2) is 52.3 Å². The molecule has 0 saturated carbocycles. The Labute approximate surface area is 171 Å². The number of aryl methyl sites for hydroxylation is 1. The van der Waals surface area contributed by atoms with E-state index in [4.69, 9.17) is 4.74 Å². The number of hydrogen-bond donors (Lipinski definition) is 1. The number of benzene rings is 2. The first-order valence-electron chi connectivity index (χ1n) is 8.90. The summed E-state index contributed by atoms with van der Waals surface area (Å²) in [4.78, 5) is 13.6. The Morgan fingerprint density at radius 2 is 1.89 bits per heavy atom. The first-order chi connectivity index (χ1) is 13.3. The minimum atomic E-state index is -3.55. The molecular formula is C20H26N2O4S2. The van der Waals surface area contributed by atoms with Gasteiger partial charge in [0.25, 0.3) is 0 Å². The lowest BCUT2D eigenvalue weighted by atomic mass is 10.1. The maximum Gasteiger partial charge on any atom is 0.242 e. The molecule has 0 aromatic heterocycles. The highest BCUT2D eigenvalue weighted by Gasteiger charge is 2.19. The average Bonchev–Trinajstić information content (AvgIpc) is 2.67. The van der Waals surface area contributed by atoms with Gasteiger partial charge in [-0.1, -0.05) is 19.1 Å². The van der Waals surface area contributed by atoms with E-state index in [-0.39, 0.29) is 17.2 Å². The number of anilines is 1. The van der Waals surface area contributed by atoms with Crippen molar-refractivity contribution in [2.45, 2.75) is 29.6 Å². The van der Waals surface area contributed by atoms with Gasteiger partial charge in [0.1, 0.15) is 5.75 Å². The van der Waals surface area contributed by atoms with Crippen molar-refractivity contribution in [3.05, 3.63) is 48.0 Å². The van der Waals surface area contributed by atoms with Crippen molar-refractivity contribution in [2.24, 2.45) is 0 Å². The van der Waals surface area contributed by atoms with Gasteiger partial charge in [-0.15, -0.1) is 11.8 Å². The van der Waals surface area contributed by atoms with Gasteiger partial charge in [-0.2, -0.15) is 0 Å². The van der Waals surface area contributed by atoms with Crippen molar-refractivity contribution in [2.75, 3.05) is 32.3 Å². The molecule has 152 valence electrons. The quantitative estimate of drug-likeness (QED) is 0.625. The zero-order valence-electron chi connectivity index (χ0n) is 16.6. The Morgan fingerprint density at radius 3 is 2.54 bits per heavy atom. The Hall–Kier alpha value is -2.03. The Kier molecular flexibility index (Phi) is 7.91. The van der Waals surface area contributed by atoms with Crippen LogP contribution in [0.4, 0.5) is 5.69 Å². The van der Waals surface area contributed by atoms with Crippen LogP contribution in [0.1, 0.15) is 18.9 Å². The lowest BCUT2D eigenvalue weighted by Gasteiger charge is -2.15. The number of nitrogens with one attached hydrogen (secondary N) is 1. The number of amides is 1.